The molecule has 7 nitrogen and oxygen atoms in total. The first kappa shape index (κ1) is 14.8. The van der Waals surface area contributed by atoms with E-state index in [4.69, 9.17) is 4.74 Å². The van der Waals surface area contributed by atoms with E-state index in [1.165, 1.54) is 0 Å². The lowest BCUT2D eigenvalue weighted by Gasteiger charge is -2.14. The number of thiazole rings is 1. The minimum absolute atomic E-state index is 0.0128. The molecule has 0 spiro atoms. The second-order valence-electron chi connectivity index (χ2n) is 6.20. The Balaban J connectivity index is 1.47. The van der Waals surface area contributed by atoms with Gasteiger partial charge >= 0.3 is 0 Å². The van der Waals surface area contributed by atoms with Crippen LogP contribution in [0.2, 0.25) is 0 Å². The SMILES string of the molecule is Cc1cnc(C(NC(=O)c2cn(C3CCOC3)nn2)C2CC2)s1. The summed E-state index contributed by atoms with van der Waals surface area (Å²) in [5.41, 5.74) is 0.357. The fourth-order valence-electron chi connectivity index (χ4n) is 2.83. The first-order chi connectivity index (χ1) is 11.2. The van der Waals surface area contributed by atoms with Crippen molar-refractivity contribution in [3.05, 3.63) is 28.0 Å². The van der Waals surface area contributed by atoms with Crippen molar-refractivity contribution in [2.45, 2.75) is 38.3 Å². The molecule has 4 rings (SSSR count). The Morgan fingerprint density at radius 3 is 3.00 bits per heavy atom. The predicted octanol–water partition coefficient (Wildman–Crippen LogP) is 1.89. The molecule has 2 unspecified atom stereocenters. The van der Waals surface area contributed by atoms with Crippen LogP contribution in [0.1, 0.15) is 51.7 Å². The van der Waals surface area contributed by atoms with Crippen molar-refractivity contribution >= 4 is 17.2 Å². The molecule has 2 fully saturated rings. The van der Waals surface area contributed by atoms with Crippen LogP contribution in [0.3, 0.4) is 0 Å². The fraction of sp³-hybridized carbons (Fsp3) is 0.600. The van der Waals surface area contributed by atoms with E-state index in [0.717, 1.165) is 35.8 Å². The number of rotatable bonds is 5. The van der Waals surface area contributed by atoms with Crippen LogP contribution >= 0.6 is 11.3 Å². The number of nitrogens with zero attached hydrogens (tertiary/aromatic N) is 4. The molecule has 122 valence electrons. The van der Waals surface area contributed by atoms with Crippen LogP contribution in [0, 0.1) is 12.8 Å². The van der Waals surface area contributed by atoms with Crippen molar-refractivity contribution < 1.29 is 9.53 Å². The van der Waals surface area contributed by atoms with Crippen LogP contribution in [0.5, 0.6) is 0 Å². The molecular formula is C15H19N5O2S. The highest BCUT2D eigenvalue weighted by molar-refractivity contribution is 7.11. The van der Waals surface area contributed by atoms with Gasteiger partial charge in [0.25, 0.3) is 5.91 Å². The number of nitrogens with one attached hydrogen (secondary N) is 1. The van der Waals surface area contributed by atoms with Gasteiger partial charge in [-0.15, -0.1) is 16.4 Å². The molecule has 2 aromatic rings. The minimum Gasteiger partial charge on any atom is -0.379 e. The van der Waals surface area contributed by atoms with Gasteiger partial charge in [-0.25, -0.2) is 9.67 Å². The lowest BCUT2D eigenvalue weighted by Crippen LogP contribution is -2.30. The smallest absolute Gasteiger partial charge is 0.274 e. The maximum absolute atomic E-state index is 12.5. The number of amides is 1. The molecule has 1 aliphatic heterocycles. The summed E-state index contributed by atoms with van der Waals surface area (Å²) in [6.45, 7) is 3.40. The number of hydrogen-bond acceptors (Lipinski definition) is 6. The molecule has 8 heteroatoms. The average molecular weight is 333 g/mol. The number of hydrogen-bond donors (Lipinski definition) is 1. The highest BCUT2D eigenvalue weighted by Gasteiger charge is 2.36. The summed E-state index contributed by atoms with van der Waals surface area (Å²) in [4.78, 5) is 18.1. The highest BCUT2D eigenvalue weighted by atomic mass is 32.1. The molecule has 1 saturated heterocycles. The Bertz CT molecular complexity index is 702. The van der Waals surface area contributed by atoms with Crippen molar-refractivity contribution in [1.82, 2.24) is 25.3 Å². The zero-order valence-corrected chi connectivity index (χ0v) is 13.8. The van der Waals surface area contributed by atoms with Crippen molar-refractivity contribution in [2.75, 3.05) is 13.2 Å². The Morgan fingerprint density at radius 2 is 2.35 bits per heavy atom. The summed E-state index contributed by atoms with van der Waals surface area (Å²) in [5.74, 6) is 0.308. The van der Waals surface area contributed by atoms with Crippen molar-refractivity contribution in [2.24, 2.45) is 5.92 Å². The second kappa shape index (κ2) is 6.01. The maximum Gasteiger partial charge on any atom is 0.274 e. The zero-order chi connectivity index (χ0) is 15.8. The van der Waals surface area contributed by atoms with E-state index in [1.807, 2.05) is 13.1 Å². The third-order valence-corrected chi connectivity index (χ3v) is 5.30. The monoisotopic (exact) mass is 333 g/mol. The highest BCUT2D eigenvalue weighted by Crippen LogP contribution is 2.42. The molecule has 2 atom stereocenters. The number of carbonyl (C=O) groups excluding carboxylic acids is 1. The van der Waals surface area contributed by atoms with E-state index >= 15 is 0 Å². The first-order valence-electron chi connectivity index (χ1n) is 7.93. The van der Waals surface area contributed by atoms with Gasteiger partial charge in [-0.05, 0) is 32.1 Å². The standard InChI is InChI=1S/C15H19N5O2S/c1-9-6-16-15(23-9)13(10-2-3-10)17-14(21)12-7-20(19-18-12)11-4-5-22-8-11/h6-7,10-11,13H,2-5,8H2,1H3,(H,17,21). The molecule has 1 aliphatic carbocycles. The number of aromatic nitrogens is 4. The predicted molar refractivity (Wildman–Crippen MR) is 84.3 cm³/mol. The third kappa shape index (κ3) is 3.13. The van der Waals surface area contributed by atoms with Crippen molar-refractivity contribution in [3.8, 4) is 0 Å². The van der Waals surface area contributed by atoms with E-state index in [-0.39, 0.29) is 18.0 Å². The normalized spacial score (nSPS) is 22.2. The van der Waals surface area contributed by atoms with Gasteiger partial charge < -0.3 is 10.1 Å². The average Bonchev–Trinajstić information content (AvgIpc) is 2.99. The van der Waals surface area contributed by atoms with E-state index in [2.05, 4.69) is 20.6 Å². The van der Waals surface area contributed by atoms with Crippen LogP contribution in [0.4, 0.5) is 0 Å². The van der Waals surface area contributed by atoms with E-state index in [1.54, 1.807) is 22.2 Å². The van der Waals surface area contributed by atoms with Crippen LogP contribution in [-0.2, 0) is 4.74 Å². The van der Waals surface area contributed by atoms with E-state index in [9.17, 15) is 4.79 Å². The lowest BCUT2D eigenvalue weighted by atomic mass is 10.2. The van der Waals surface area contributed by atoms with Gasteiger partial charge in [0.2, 0.25) is 0 Å². The Hall–Kier alpha value is -1.80. The van der Waals surface area contributed by atoms with Gasteiger partial charge in [-0.2, -0.15) is 0 Å². The van der Waals surface area contributed by atoms with Crippen LogP contribution in [-0.4, -0.2) is 39.1 Å². The van der Waals surface area contributed by atoms with Gasteiger partial charge in [0.05, 0.1) is 24.9 Å². The second-order valence-corrected chi connectivity index (χ2v) is 7.47. The van der Waals surface area contributed by atoms with Crippen LogP contribution < -0.4 is 5.32 Å². The number of ether oxygens (including phenoxy) is 1. The summed E-state index contributed by atoms with van der Waals surface area (Å²) in [7, 11) is 0. The summed E-state index contributed by atoms with van der Waals surface area (Å²) in [5, 5.41) is 12.2. The van der Waals surface area contributed by atoms with Gasteiger partial charge in [-0.1, -0.05) is 5.21 Å². The van der Waals surface area contributed by atoms with E-state index < -0.39 is 0 Å². The fourth-order valence-corrected chi connectivity index (χ4v) is 3.75. The first-order valence-corrected chi connectivity index (χ1v) is 8.75. The molecule has 0 aromatic carbocycles. The van der Waals surface area contributed by atoms with Gasteiger partial charge in [0, 0.05) is 17.7 Å². The van der Waals surface area contributed by atoms with Gasteiger partial charge in [0.1, 0.15) is 5.01 Å². The summed E-state index contributed by atoms with van der Waals surface area (Å²) >= 11 is 1.64. The zero-order valence-electron chi connectivity index (χ0n) is 12.9. The topological polar surface area (TPSA) is 81.9 Å². The molecule has 3 heterocycles. The largest absolute Gasteiger partial charge is 0.379 e. The van der Waals surface area contributed by atoms with Crippen LogP contribution in [0.15, 0.2) is 12.4 Å². The van der Waals surface area contributed by atoms with Crippen LogP contribution in [0.25, 0.3) is 0 Å². The maximum atomic E-state index is 12.5. The van der Waals surface area contributed by atoms with Gasteiger partial charge in [-0.3, -0.25) is 4.79 Å². The minimum atomic E-state index is -0.181. The summed E-state index contributed by atoms with van der Waals surface area (Å²) in [6.07, 6.45) is 6.75. The molecule has 23 heavy (non-hydrogen) atoms. The summed E-state index contributed by atoms with van der Waals surface area (Å²) in [6, 6.07) is 0.172. The van der Waals surface area contributed by atoms with E-state index in [0.29, 0.717) is 18.2 Å². The van der Waals surface area contributed by atoms with Crippen molar-refractivity contribution in [3.63, 3.8) is 0 Å². The van der Waals surface area contributed by atoms with Crippen molar-refractivity contribution in [1.29, 1.82) is 0 Å². The molecule has 1 amide bonds. The van der Waals surface area contributed by atoms with Gasteiger partial charge in [0.15, 0.2) is 5.69 Å². The summed E-state index contributed by atoms with van der Waals surface area (Å²) < 4.78 is 7.09. The number of aryl methyl sites for hydroxylation is 1. The molecule has 0 radical (unpaired) electrons. The molecule has 2 aromatic heterocycles. The Kier molecular flexibility index (Phi) is 3.86. The number of carbonyl (C=O) groups is 1. The quantitative estimate of drug-likeness (QED) is 0.903. The molecular weight excluding hydrogens is 314 g/mol. The third-order valence-electron chi connectivity index (χ3n) is 4.31. The molecule has 1 N–H and O–H groups in total. The Morgan fingerprint density at radius 1 is 1.48 bits per heavy atom. The molecule has 1 saturated carbocycles. The molecule has 2 aliphatic rings. The molecule has 0 bridgehead atoms. The lowest BCUT2D eigenvalue weighted by molar-refractivity contribution is 0.0926. The Labute approximate surface area is 138 Å².